The molecule has 0 bridgehead atoms. The molecule has 0 fully saturated rings. The van der Waals surface area contributed by atoms with E-state index in [1.165, 1.54) is 21.2 Å². The fourth-order valence-electron chi connectivity index (χ4n) is 1.72. The third-order valence-corrected chi connectivity index (χ3v) is 3.44. The van der Waals surface area contributed by atoms with Crippen LogP contribution in [-0.2, 0) is 6.42 Å². The van der Waals surface area contributed by atoms with Crippen molar-refractivity contribution in [2.45, 2.75) is 19.8 Å². The van der Waals surface area contributed by atoms with Gasteiger partial charge in [0.15, 0.2) is 0 Å². The molecule has 2 aromatic rings. The van der Waals surface area contributed by atoms with Crippen molar-refractivity contribution < 1.29 is 0 Å². The van der Waals surface area contributed by atoms with Crippen LogP contribution in [0, 0.1) is 6.92 Å². The van der Waals surface area contributed by atoms with E-state index in [1.54, 1.807) is 0 Å². The van der Waals surface area contributed by atoms with Gasteiger partial charge in [-0.05, 0) is 60.3 Å². The summed E-state index contributed by atoms with van der Waals surface area (Å²) in [5.74, 6) is 0. The molecule has 74 valence electrons. The van der Waals surface area contributed by atoms with Crippen molar-refractivity contribution in [2.24, 2.45) is 5.73 Å². The van der Waals surface area contributed by atoms with E-state index in [0.29, 0.717) is 0 Å². The zero-order chi connectivity index (χ0) is 9.97. The molecule has 1 aromatic carbocycles. The van der Waals surface area contributed by atoms with Crippen LogP contribution in [0.15, 0.2) is 23.6 Å². The highest BCUT2D eigenvalue weighted by Gasteiger charge is 2.01. The van der Waals surface area contributed by atoms with E-state index in [9.17, 15) is 0 Å². The number of rotatable bonds is 3. The van der Waals surface area contributed by atoms with Crippen LogP contribution < -0.4 is 5.73 Å². The van der Waals surface area contributed by atoms with Gasteiger partial charge in [-0.3, -0.25) is 0 Å². The highest BCUT2D eigenvalue weighted by molar-refractivity contribution is 7.17. The maximum atomic E-state index is 5.52. The van der Waals surface area contributed by atoms with Crippen LogP contribution in [0.2, 0.25) is 0 Å². The minimum Gasteiger partial charge on any atom is -0.330 e. The summed E-state index contributed by atoms with van der Waals surface area (Å²) in [5, 5.41) is 3.52. The van der Waals surface area contributed by atoms with Crippen molar-refractivity contribution >= 4 is 21.4 Å². The Labute approximate surface area is 88.6 Å². The number of aryl methyl sites for hydroxylation is 2. The number of hydrogen-bond donors (Lipinski definition) is 1. The second-order valence-electron chi connectivity index (χ2n) is 3.63. The SMILES string of the molecule is Cc1cc2sccc2cc1CCCN. The van der Waals surface area contributed by atoms with Crippen LogP contribution in [0.3, 0.4) is 0 Å². The molecule has 1 aromatic heterocycles. The zero-order valence-corrected chi connectivity index (χ0v) is 9.23. The smallest absolute Gasteiger partial charge is 0.0345 e. The van der Waals surface area contributed by atoms with Gasteiger partial charge >= 0.3 is 0 Å². The highest BCUT2D eigenvalue weighted by atomic mass is 32.1. The summed E-state index contributed by atoms with van der Waals surface area (Å²) < 4.78 is 1.39. The quantitative estimate of drug-likeness (QED) is 0.818. The number of thiophene rings is 1. The fraction of sp³-hybridized carbons (Fsp3) is 0.333. The first-order valence-electron chi connectivity index (χ1n) is 4.98. The predicted octanol–water partition coefficient (Wildman–Crippen LogP) is 3.10. The van der Waals surface area contributed by atoms with E-state index in [2.05, 4.69) is 30.5 Å². The summed E-state index contributed by atoms with van der Waals surface area (Å²) in [6.45, 7) is 2.96. The molecule has 0 unspecified atom stereocenters. The minimum atomic E-state index is 0.779. The monoisotopic (exact) mass is 205 g/mol. The first-order valence-corrected chi connectivity index (χ1v) is 5.86. The Morgan fingerprint density at radius 3 is 3.00 bits per heavy atom. The largest absolute Gasteiger partial charge is 0.330 e. The Morgan fingerprint density at radius 2 is 2.21 bits per heavy atom. The van der Waals surface area contributed by atoms with Gasteiger partial charge in [-0.25, -0.2) is 0 Å². The van der Waals surface area contributed by atoms with Crippen molar-refractivity contribution in [2.75, 3.05) is 6.54 Å². The summed E-state index contributed by atoms with van der Waals surface area (Å²) in [7, 11) is 0. The number of fused-ring (bicyclic) bond motifs is 1. The third-order valence-electron chi connectivity index (χ3n) is 2.56. The maximum Gasteiger partial charge on any atom is 0.0345 e. The van der Waals surface area contributed by atoms with Gasteiger partial charge in [0.05, 0.1) is 0 Å². The van der Waals surface area contributed by atoms with Crippen molar-refractivity contribution in [3.05, 3.63) is 34.7 Å². The molecule has 0 aliphatic carbocycles. The molecule has 14 heavy (non-hydrogen) atoms. The predicted molar refractivity (Wildman–Crippen MR) is 63.9 cm³/mol. The van der Waals surface area contributed by atoms with Gasteiger partial charge in [0.2, 0.25) is 0 Å². The molecule has 2 rings (SSSR count). The van der Waals surface area contributed by atoms with Gasteiger partial charge in [-0.2, -0.15) is 0 Å². The molecular weight excluding hydrogens is 190 g/mol. The van der Waals surface area contributed by atoms with Crippen molar-refractivity contribution in [1.29, 1.82) is 0 Å². The van der Waals surface area contributed by atoms with Gasteiger partial charge < -0.3 is 5.73 Å². The average Bonchev–Trinajstić information content (AvgIpc) is 2.61. The first kappa shape index (κ1) is 9.69. The van der Waals surface area contributed by atoms with Crippen molar-refractivity contribution in [1.82, 2.24) is 0 Å². The Kier molecular flexibility index (Phi) is 2.85. The summed E-state index contributed by atoms with van der Waals surface area (Å²) in [5.41, 5.74) is 8.36. The van der Waals surface area contributed by atoms with Gasteiger partial charge in [0.1, 0.15) is 0 Å². The summed E-state index contributed by atoms with van der Waals surface area (Å²) in [6.07, 6.45) is 2.19. The van der Waals surface area contributed by atoms with Crippen molar-refractivity contribution in [3.63, 3.8) is 0 Å². The Bertz CT molecular complexity index is 431. The molecule has 0 aliphatic heterocycles. The van der Waals surface area contributed by atoms with E-state index >= 15 is 0 Å². The first-order chi connectivity index (χ1) is 6.81. The van der Waals surface area contributed by atoms with Gasteiger partial charge in [0, 0.05) is 4.70 Å². The summed E-state index contributed by atoms with van der Waals surface area (Å²) in [4.78, 5) is 0. The van der Waals surface area contributed by atoms with Crippen LogP contribution in [0.1, 0.15) is 17.5 Å². The lowest BCUT2D eigenvalue weighted by Gasteiger charge is -2.05. The molecule has 2 N–H and O–H groups in total. The van der Waals surface area contributed by atoms with E-state index in [0.717, 1.165) is 19.4 Å². The molecule has 0 atom stereocenters. The standard InChI is InChI=1S/C12H15NS/c1-9-7-12-11(4-6-14-12)8-10(9)3-2-5-13/h4,6-8H,2-3,5,13H2,1H3. The molecule has 2 heteroatoms. The van der Waals surface area contributed by atoms with Gasteiger partial charge in [0.25, 0.3) is 0 Å². The molecule has 0 saturated heterocycles. The average molecular weight is 205 g/mol. The Morgan fingerprint density at radius 1 is 1.36 bits per heavy atom. The topological polar surface area (TPSA) is 26.0 Å². The molecule has 0 radical (unpaired) electrons. The van der Waals surface area contributed by atoms with Crippen LogP contribution in [-0.4, -0.2) is 6.54 Å². The van der Waals surface area contributed by atoms with Gasteiger partial charge in [-0.1, -0.05) is 6.07 Å². The van der Waals surface area contributed by atoms with Crippen LogP contribution in [0.5, 0.6) is 0 Å². The number of hydrogen-bond acceptors (Lipinski definition) is 2. The molecule has 1 nitrogen and oxygen atoms in total. The van der Waals surface area contributed by atoms with E-state index < -0.39 is 0 Å². The third kappa shape index (κ3) is 1.81. The highest BCUT2D eigenvalue weighted by Crippen LogP contribution is 2.25. The summed E-state index contributed by atoms with van der Waals surface area (Å²) >= 11 is 1.81. The molecule has 0 aliphatic rings. The van der Waals surface area contributed by atoms with Crippen LogP contribution >= 0.6 is 11.3 Å². The normalized spacial score (nSPS) is 11.0. The maximum absolute atomic E-state index is 5.52. The molecule has 0 saturated carbocycles. The molecule has 0 spiro atoms. The molecule has 0 amide bonds. The lowest BCUT2D eigenvalue weighted by Crippen LogP contribution is -2.01. The lowest BCUT2D eigenvalue weighted by atomic mass is 10.0. The Balaban J connectivity index is 2.38. The van der Waals surface area contributed by atoms with E-state index in [-0.39, 0.29) is 0 Å². The van der Waals surface area contributed by atoms with Gasteiger partial charge in [-0.15, -0.1) is 11.3 Å². The minimum absolute atomic E-state index is 0.779. The Hall–Kier alpha value is -0.860. The van der Waals surface area contributed by atoms with Crippen LogP contribution in [0.4, 0.5) is 0 Å². The second kappa shape index (κ2) is 4.11. The van der Waals surface area contributed by atoms with E-state index in [4.69, 9.17) is 5.73 Å². The molecule has 1 heterocycles. The second-order valence-corrected chi connectivity index (χ2v) is 4.58. The van der Waals surface area contributed by atoms with Crippen molar-refractivity contribution in [3.8, 4) is 0 Å². The van der Waals surface area contributed by atoms with Crippen LogP contribution in [0.25, 0.3) is 10.1 Å². The number of nitrogens with two attached hydrogens (primary N) is 1. The fourth-order valence-corrected chi connectivity index (χ4v) is 2.59. The number of benzene rings is 1. The zero-order valence-electron chi connectivity index (χ0n) is 8.42. The molecular formula is C12H15NS. The van der Waals surface area contributed by atoms with E-state index in [1.807, 2.05) is 11.3 Å². The lowest BCUT2D eigenvalue weighted by molar-refractivity contribution is 0.829. The summed E-state index contributed by atoms with van der Waals surface area (Å²) in [6, 6.07) is 6.77.